The second-order valence-electron chi connectivity index (χ2n) is 4.66. The molecule has 1 unspecified atom stereocenters. The Kier molecular flexibility index (Phi) is 6.86. The third kappa shape index (κ3) is 7.10. The lowest BCUT2D eigenvalue weighted by molar-refractivity contribution is 0.120. The molecule has 1 atom stereocenters. The molecule has 96 valence electrons. The molecule has 0 aromatic heterocycles. The number of rotatable bonds is 8. The van der Waals surface area contributed by atoms with Gasteiger partial charge >= 0.3 is 0 Å². The van der Waals surface area contributed by atoms with E-state index in [1.807, 2.05) is 18.2 Å². The van der Waals surface area contributed by atoms with Crippen LogP contribution in [-0.4, -0.2) is 44.7 Å². The average Bonchev–Trinajstić information content (AvgIpc) is 2.29. The zero-order chi connectivity index (χ0) is 12.5. The summed E-state index contributed by atoms with van der Waals surface area (Å²) in [6, 6.07) is 10.8. The van der Waals surface area contributed by atoms with Crippen molar-refractivity contribution in [2.75, 3.05) is 33.8 Å². The minimum absolute atomic E-state index is 0.505. The van der Waals surface area contributed by atoms with E-state index in [4.69, 9.17) is 4.74 Å². The summed E-state index contributed by atoms with van der Waals surface area (Å²) in [5.74, 6) is 0. The highest BCUT2D eigenvalue weighted by Gasteiger charge is 2.01. The molecule has 1 N–H and O–H groups in total. The summed E-state index contributed by atoms with van der Waals surface area (Å²) in [6.45, 7) is 5.61. The van der Waals surface area contributed by atoms with E-state index in [0.29, 0.717) is 12.6 Å². The largest absolute Gasteiger partial charge is 0.375 e. The molecule has 1 aromatic carbocycles. The van der Waals surface area contributed by atoms with Gasteiger partial charge < -0.3 is 15.0 Å². The number of benzene rings is 1. The summed E-state index contributed by atoms with van der Waals surface area (Å²) in [6.07, 6.45) is 0. The van der Waals surface area contributed by atoms with Crippen LogP contribution >= 0.6 is 0 Å². The lowest BCUT2D eigenvalue weighted by atomic mass is 10.2. The van der Waals surface area contributed by atoms with Crippen LogP contribution in [0.3, 0.4) is 0 Å². The first-order valence-corrected chi connectivity index (χ1v) is 6.18. The van der Waals surface area contributed by atoms with Crippen LogP contribution in [0.15, 0.2) is 30.3 Å². The Morgan fingerprint density at radius 1 is 1.24 bits per heavy atom. The molecule has 0 aliphatic heterocycles. The standard InChI is InChI=1S/C14H24N2O/c1-13(11-16(2)3)15-9-10-17-12-14-7-5-4-6-8-14/h4-8,13,15H,9-12H2,1-3H3. The van der Waals surface area contributed by atoms with Crippen LogP contribution in [0.2, 0.25) is 0 Å². The van der Waals surface area contributed by atoms with Gasteiger partial charge in [-0.05, 0) is 26.6 Å². The fraction of sp³-hybridized carbons (Fsp3) is 0.571. The molecule has 0 saturated heterocycles. The summed E-state index contributed by atoms with van der Waals surface area (Å²) >= 11 is 0. The quantitative estimate of drug-likeness (QED) is 0.696. The van der Waals surface area contributed by atoms with Gasteiger partial charge in [0.25, 0.3) is 0 Å². The van der Waals surface area contributed by atoms with Gasteiger partial charge in [0, 0.05) is 19.1 Å². The van der Waals surface area contributed by atoms with E-state index in [2.05, 4.69) is 43.4 Å². The van der Waals surface area contributed by atoms with Crippen molar-refractivity contribution in [2.45, 2.75) is 19.6 Å². The SMILES string of the molecule is CC(CN(C)C)NCCOCc1ccccc1. The van der Waals surface area contributed by atoms with Crippen molar-refractivity contribution in [2.24, 2.45) is 0 Å². The Labute approximate surface area is 105 Å². The number of ether oxygens (including phenoxy) is 1. The van der Waals surface area contributed by atoms with E-state index in [9.17, 15) is 0 Å². The smallest absolute Gasteiger partial charge is 0.0717 e. The molecule has 0 radical (unpaired) electrons. The average molecular weight is 236 g/mol. The molecule has 0 saturated carbocycles. The number of nitrogens with zero attached hydrogens (tertiary/aromatic N) is 1. The highest BCUT2D eigenvalue weighted by Crippen LogP contribution is 1.99. The lowest BCUT2D eigenvalue weighted by Crippen LogP contribution is -2.37. The summed E-state index contributed by atoms with van der Waals surface area (Å²) in [4.78, 5) is 2.18. The highest BCUT2D eigenvalue weighted by molar-refractivity contribution is 5.13. The fourth-order valence-electron chi connectivity index (χ4n) is 1.75. The first-order valence-electron chi connectivity index (χ1n) is 6.18. The van der Waals surface area contributed by atoms with Gasteiger partial charge in [0.15, 0.2) is 0 Å². The predicted molar refractivity (Wildman–Crippen MR) is 72.1 cm³/mol. The maximum absolute atomic E-state index is 5.60. The third-order valence-electron chi connectivity index (χ3n) is 2.49. The van der Waals surface area contributed by atoms with Gasteiger partial charge in [-0.25, -0.2) is 0 Å². The summed E-state index contributed by atoms with van der Waals surface area (Å²) in [7, 11) is 4.17. The van der Waals surface area contributed by atoms with Crippen molar-refractivity contribution in [3.63, 3.8) is 0 Å². The summed E-state index contributed by atoms with van der Waals surface area (Å²) in [5.41, 5.74) is 1.23. The van der Waals surface area contributed by atoms with E-state index in [0.717, 1.165) is 19.7 Å². The molecule has 1 rings (SSSR count). The fourth-order valence-corrected chi connectivity index (χ4v) is 1.75. The minimum atomic E-state index is 0.505. The number of hydrogen-bond donors (Lipinski definition) is 1. The third-order valence-corrected chi connectivity index (χ3v) is 2.49. The maximum atomic E-state index is 5.60. The van der Waals surface area contributed by atoms with E-state index < -0.39 is 0 Å². The van der Waals surface area contributed by atoms with Crippen molar-refractivity contribution in [1.29, 1.82) is 0 Å². The second-order valence-corrected chi connectivity index (χ2v) is 4.66. The van der Waals surface area contributed by atoms with Crippen LogP contribution in [0.4, 0.5) is 0 Å². The first kappa shape index (κ1) is 14.2. The van der Waals surface area contributed by atoms with Crippen molar-refractivity contribution in [3.05, 3.63) is 35.9 Å². The van der Waals surface area contributed by atoms with Gasteiger partial charge in [-0.15, -0.1) is 0 Å². The second kappa shape index (κ2) is 8.23. The van der Waals surface area contributed by atoms with Crippen LogP contribution < -0.4 is 5.32 Å². The first-order chi connectivity index (χ1) is 8.18. The molecule has 17 heavy (non-hydrogen) atoms. The molecule has 0 aliphatic rings. The van der Waals surface area contributed by atoms with Crippen molar-refractivity contribution < 1.29 is 4.74 Å². The minimum Gasteiger partial charge on any atom is -0.375 e. The highest BCUT2D eigenvalue weighted by atomic mass is 16.5. The predicted octanol–water partition coefficient (Wildman–Crippen LogP) is 1.74. The Bertz CT molecular complexity index is 288. The van der Waals surface area contributed by atoms with E-state index >= 15 is 0 Å². The zero-order valence-electron chi connectivity index (χ0n) is 11.1. The van der Waals surface area contributed by atoms with Gasteiger partial charge in [-0.2, -0.15) is 0 Å². The Morgan fingerprint density at radius 3 is 2.59 bits per heavy atom. The normalized spacial score (nSPS) is 12.9. The molecule has 3 nitrogen and oxygen atoms in total. The molecule has 0 amide bonds. The van der Waals surface area contributed by atoms with Crippen LogP contribution in [0.1, 0.15) is 12.5 Å². The van der Waals surface area contributed by atoms with Gasteiger partial charge in [0.1, 0.15) is 0 Å². The van der Waals surface area contributed by atoms with Crippen LogP contribution in [0.5, 0.6) is 0 Å². The molecule has 0 aliphatic carbocycles. The van der Waals surface area contributed by atoms with Crippen LogP contribution in [-0.2, 0) is 11.3 Å². The molecule has 0 heterocycles. The Morgan fingerprint density at radius 2 is 1.94 bits per heavy atom. The lowest BCUT2D eigenvalue weighted by Gasteiger charge is -2.18. The van der Waals surface area contributed by atoms with E-state index in [-0.39, 0.29) is 0 Å². The van der Waals surface area contributed by atoms with Crippen molar-refractivity contribution >= 4 is 0 Å². The monoisotopic (exact) mass is 236 g/mol. The van der Waals surface area contributed by atoms with Crippen molar-refractivity contribution in [1.82, 2.24) is 10.2 Å². The molecular weight excluding hydrogens is 212 g/mol. The number of hydrogen-bond acceptors (Lipinski definition) is 3. The molecule has 0 spiro atoms. The van der Waals surface area contributed by atoms with Gasteiger partial charge in [-0.1, -0.05) is 30.3 Å². The van der Waals surface area contributed by atoms with Crippen molar-refractivity contribution in [3.8, 4) is 0 Å². The molecule has 1 aromatic rings. The topological polar surface area (TPSA) is 24.5 Å². The Balaban J connectivity index is 2.01. The van der Waals surface area contributed by atoms with Gasteiger partial charge in [0.05, 0.1) is 13.2 Å². The molecular formula is C14H24N2O. The molecule has 0 bridgehead atoms. The van der Waals surface area contributed by atoms with Crippen LogP contribution in [0.25, 0.3) is 0 Å². The van der Waals surface area contributed by atoms with E-state index in [1.54, 1.807) is 0 Å². The maximum Gasteiger partial charge on any atom is 0.0717 e. The molecule has 3 heteroatoms. The van der Waals surface area contributed by atoms with Crippen LogP contribution in [0, 0.1) is 0 Å². The number of nitrogens with one attached hydrogen (secondary N) is 1. The van der Waals surface area contributed by atoms with Gasteiger partial charge in [0.2, 0.25) is 0 Å². The van der Waals surface area contributed by atoms with Gasteiger partial charge in [-0.3, -0.25) is 0 Å². The number of likely N-dealkylation sites (N-methyl/N-ethyl adjacent to an activating group) is 1. The Hall–Kier alpha value is -0.900. The molecule has 0 fully saturated rings. The summed E-state index contributed by atoms with van der Waals surface area (Å²) in [5, 5.41) is 3.43. The summed E-state index contributed by atoms with van der Waals surface area (Å²) < 4.78 is 5.60. The van der Waals surface area contributed by atoms with E-state index in [1.165, 1.54) is 5.56 Å². The zero-order valence-corrected chi connectivity index (χ0v) is 11.1.